The first-order valence-corrected chi connectivity index (χ1v) is 7.33. The lowest BCUT2D eigenvalue weighted by molar-refractivity contribution is -0.115. The van der Waals surface area contributed by atoms with Crippen LogP contribution in [-0.4, -0.2) is 21.4 Å². The molecule has 0 aliphatic heterocycles. The minimum Gasteiger partial charge on any atom is -0.347 e. The van der Waals surface area contributed by atoms with E-state index >= 15 is 0 Å². The summed E-state index contributed by atoms with van der Waals surface area (Å²) in [4.78, 5) is 24.4. The summed E-state index contributed by atoms with van der Waals surface area (Å²) in [5, 5.41) is 9.44. The first-order valence-electron chi connectivity index (χ1n) is 6.56. The first-order chi connectivity index (χ1) is 10.1. The largest absolute Gasteiger partial charge is 0.347 e. The van der Waals surface area contributed by atoms with Gasteiger partial charge in [0.15, 0.2) is 0 Å². The quantitative estimate of drug-likeness (QED) is 0.886. The molecule has 0 unspecified atom stereocenters. The molecule has 6 nitrogen and oxygen atoms in total. The van der Waals surface area contributed by atoms with Crippen molar-refractivity contribution in [3.63, 3.8) is 0 Å². The maximum Gasteiger partial charge on any atom is 0.251 e. The monoisotopic (exact) mass is 304 g/mol. The fourth-order valence-electron chi connectivity index (χ4n) is 1.66. The van der Waals surface area contributed by atoms with E-state index in [0.717, 1.165) is 10.6 Å². The molecule has 21 heavy (non-hydrogen) atoms. The van der Waals surface area contributed by atoms with Crippen LogP contribution in [-0.2, 0) is 11.3 Å². The topological polar surface area (TPSA) is 84.0 Å². The summed E-state index contributed by atoms with van der Waals surface area (Å²) in [7, 11) is 0. The highest BCUT2D eigenvalue weighted by atomic mass is 32.1. The fraction of sp³-hybridized carbons (Fsp3) is 0.286. The molecule has 0 saturated carbocycles. The number of rotatable bonds is 5. The molecule has 2 N–H and O–H groups in total. The molecular weight excluding hydrogens is 288 g/mol. The molecule has 2 aromatic rings. The maximum atomic E-state index is 12.1. The number of hydrogen-bond donors (Lipinski definition) is 2. The highest BCUT2D eigenvalue weighted by molar-refractivity contribution is 7.05. The molecule has 0 fully saturated rings. The van der Waals surface area contributed by atoms with E-state index in [4.69, 9.17) is 0 Å². The van der Waals surface area contributed by atoms with Crippen molar-refractivity contribution in [2.45, 2.75) is 26.8 Å². The van der Waals surface area contributed by atoms with Gasteiger partial charge >= 0.3 is 0 Å². The van der Waals surface area contributed by atoms with Gasteiger partial charge in [0, 0.05) is 17.7 Å². The van der Waals surface area contributed by atoms with E-state index in [1.807, 2.05) is 6.92 Å². The highest BCUT2D eigenvalue weighted by Gasteiger charge is 2.09. The lowest BCUT2D eigenvalue weighted by atomic mass is 10.2. The number of carbonyl (C=O) groups is 2. The van der Waals surface area contributed by atoms with Crippen LogP contribution in [0.5, 0.6) is 0 Å². The molecule has 0 atom stereocenters. The summed E-state index contributed by atoms with van der Waals surface area (Å²) >= 11 is 1.27. The minimum absolute atomic E-state index is 0.0843. The SMILES string of the molecule is CCC(=O)Nc1cccc(C(=O)NCc2snnc2C)c1. The molecule has 0 aliphatic rings. The zero-order valence-electron chi connectivity index (χ0n) is 11.8. The van der Waals surface area contributed by atoms with Gasteiger partial charge in [0.05, 0.1) is 17.1 Å². The molecule has 0 bridgehead atoms. The van der Waals surface area contributed by atoms with Crippen LogP contribution in [0.3, 0.4) is 0 Å². The number of benzene rings is 1. The number of nitrogens with zero attached hydrogens (tertiary/aromatic N) is 2. The van der Waals surface area contributed by atoms with E-state index in [-0.39, 0.29) is 11.8 Å². The molecule has 1 aromatic carbocycles. The van der Waals surface area contributed by atoms with Gasteiger partial charge in [0.2, 0.25) is 5.91 Å². The Hall–Kier alpha value is -2.28. The van der Waals surface area contributed by atoms with Crippen LogP contribution >= 0.6 is 11.5 Å². The van der Waals surface area contributed by atoms with Gasteiger partial charge in [-0.3, -0.25) is 9.59 Å². The Morgan fingerprint density at radius 2 is 2.14 bits per heavy atom. The molecule has 2 rings (SSSR count). The predicted molar refractivity (Wildman–Crippen MR) is 81.2 cm³/mol. The van der Waals surface area contributed by atoms with E-state index in [1.54, 1.807) is 31.2 Å². The third-order valence-electron chi connectivity index (χ3n) is 2.88. The number of aromatic nitrogens is 2. The standard InChI is InChI=1S/C14H16N4O2S/c1-3-13(19)16-11-6-4-5-10(7-11)14(20)15-8-12-9(2)17-18-21-12/h4-7H,3,8H2,1-2H3,(H,15,20)(H,16,19). The van der Waals surface area contributed by atoms with Gasteiger partial charge in [-0.2, -0.15) is 0 Å². The number of hydrogen-bond acceptors (Lipinski definition) is 5. The van der Waals surface area contributed by atoms with Gasteiger partial charge in [-0.15, -0.1) is 5.10 Å². The lowest BCUT2D eigenvalue weighted by Crippen LogP contribution is -2.23. The van der Waals surface area contributed by atoms with Gasteiger partial charge in [0.1, 0.15) is 0 Å². The van der Waals surface area contributed by atoms with Crippen molar-refractivity contribution in [2.75, 3.05) is 5.32 Å². The zero-order chi connectivity index (χ0) is 15.2. The number of amides is 2. The number of nitrogens with one attached hydrogen (secondary N) is 2. The lowest BCUT2D eigenvalue weighted by Gasteiger charge is -2.07. The summed E-state index contributed by atoms with van der Waals surface area (Å²) in [6.45, 7) is 4.02. The molecular formula is C14H16N4O2S. The van der Waals surface area contributed by atoms with Gasteiger partial charge < -0.3 is 10.6 Å². The molecule has 110 valence electrons. The van der Waals surface area contributed by atoms with Crippen LogP contribution in [0.15, 0.2) is 24.3 Å². The van der Waals surface area contributed by atoms with Crippen LogP contribution in [0.25, 0.3) is 0 Å². The minimum atomic E-state index is -0.199. The van der Waals surface area contributed by atoms with Crippen LogP contribution < -0.4 is 10.6 Å². The van der Waals surface area contributed by atoms with Crippen molar-refractivity contribution in [2.24, 2.45) is 0 Å². The molecule has 2 amide bonds. The van der Waals surface area contributed by atoms with E-state index in [0.29, 0.717) is 24.2 Å². The van der Waals surface area contributed by atoms with Crippen LogP contribution in [0.2, 0.25) is 0 Å². The Kier molecular flexibility index (Phi) is 4.99. The number of aryl methyl sites for hydroxylation is 1. The molecule has 1 heterocycles. The molecule has 0 aliphatic carbocycles. The van der Waals surface area contributed by atoms with Gasteiger partial charge in [0.25, 0.3) is 5.91 Å². The average Bonchev–Trinajstić information content (AvgIpc) is 2.90. The van der Waals surface area contributed by atoms with E-state index in [9.17, 15) is 9.59 Å². The predicted octanol–water partition coefficient (Wildman–Crippen LogP) is 2.13. The van der Waals surface area contributed by atoms with Crippen LogP contribution in [0.4, 0.5) is 5.69 Å². The van der Waals surface area contributed by atoms with Gasteiger partial charge in [-0.25, -0.2) is 0 Å². The summed E-state index contributed by atoms with van der Waals surface area (Å²) in [6.07, 6.45) is 0.397. The second kappa shape index (κ2) is 6.94. The number of anilines is 1. The second-order valence-corrected chi connectivity index (χ2v) is 5.29. The molecule has 1 aromatic heterocycles. The fourth-order valence-corrected chi connectivity index (χ4v) is 2.23. The van der Waals surface area contributed by atoms with Crippen molar-refractivity contribution in [3.05, 3.63) is 40.4 Å². The Labute approximate surface area is 126 Å². The first kappa shape index (κ1) is 15.1. The van der Waals surface area contributed by atoms with Crippen molar-refractivity contribution in [1.29, 1.82) is 0 Å². The average molecular weight is 304 g/mol. The molecule has 0 saturated heterocycles. The van der Waals surface area contributed by atoms with Crippen LogP contribution in [0, 0.1) is 6.92 Å². The van der Waals surface area contributed by atoms with E-state index < -0.39 is 0 Å². The Balaban J connectivity index is 2.00. The highest BCUT2D eigenvalue weighted by Crippen LogP contribution is 2.12. The number of carbonyl (C=O) groups excluding carboxylic acids is 2. The Morgan fingerprint density at radius 3 is 2.81 bits per heavy atom. The zero-order valence-corrected chi connectivity index (χ0v) is 12.7. The van der Waals surface area contributed by atoms with Crippen LogP contribution in [0.1, 0.15) is 34.3 Å². The molecule has 0 spiro atoms. The van der Waals surface area contributed by atoms with E-state index in [1.165, 1.54) is 11.5 Å². The summed E-state index contributed by atoms with van der Waals surface area (Å²) in [5.41, 5.74) is 1.94. The van der Waals surface area contributed by atoms with Gasteiger partial charge in [-0.05, 0) is 36.7 Å². The summed E-state index contributed by atoms with van der Waals surface area (Å²) in [5.74, 6) is -0.283. The normalized spacial score (nSPS) is 10.2. The van der Waals surface area contributed by atoms with Crippen molar-refractivity contribution < 1.29 is 9.59 Å². The smallest absolute Gasteiger partial charge is 0.251 e. The van der Waals surface area contributed by atoms with Gasteiger partial charge in [-0.1, -0.05) is 17.5 Å². The van der Waals surface area contributed by atoms with Crippen molar-refractivity contribution in [3.8, 4) is 0 Å². The second-order valence-electron chi connectivity index (χ2n) is 4.45. The summed E-state index contributed by atoms with van der Waals surface area (Å²) < 4.78 is 3.82. The Bertz CT molecular complexity index is 654. The third-order valence-corrected chi connectivity index (χ3v) is 3.71. The van der Waals surface area contributed by atoms with Crippen molar-refractivity contribution in [1.82, 2.24) is 14.9 Å². The van der Waals surface area contributed by atoms with E-state index in [2.05, 4.69) is 20.2 Å². The third kappa shape index (κ3) is 4.09. The summed E-state index contributed by atoms with van der Waals surface area (Å²) in [6, 6.07) is 6.84. The maximum absolute atomic E-state index is 12.1. The molecule has 0 radical (unpaired) electrons. The molecule has 7 heteroatoms. The van der Waals surface area contributed by atoms with Crippen molar-refractivity contribution >= 4 is 29.0 Å². The Morgan fingerprint density at radius 1 is 1.33 bits per heavy atom.